The van der Waals surface area contributed by atoms with Crippen LogP contribution in [0.4, 0.5) is 5.82 Å². The van der Waals surface area contributed by atoms with Crippen LogP contribution in [0.1, 0.15) is 17.0 Å². The molecule has 0 saturated carbocycles. The van der Waals surface area contributed by atoms with Gasteiger partial charge in [-0.15, -0.1) is 6.42 Å². The molecule has 1 aliphatic rings. The third kappa shape index (κ3) is 2.13. The molecule has 0 aromatic carbocycles. The van der Waals surface area contributed by atoms with Gasteiger partial charge in [-0.3, -0.25) is 4.68 Å². The number of anilines is 1. The number of aromatic nitrogens is 3. The van der Waals surface area contributed by atoms with Gasteiger partial charge in [0, 0.05) is 31.3 Å². The molecule has 1 aliphatic heterocycles. The number of nitrogens with zero attached hydrogens (tertiary/aromatic N) is 3. The zero-order valence-electron chi connectivity index (χ0n) is 10.6. The van der Waals surface area contributed by atoms with Crippen LogP contribution in [0.5, 0.6) is 5.75 Å². The molecule has 19 heavy (non-hydrogen) atoms. The van der Waals surface area contributed by atoms with Gasteiger partial charge in [-0.25, -0.2) is 4.98 Å². The Labute approximate surface area is 111 Å². The molecule has 0 spiro atoms. The summed E-state index contributed by atoms with van der Waals surface area (Å²) < 4.78 is 7.23. The number of nitrogens with one attached hydrogen (secondary N) is 1. The molecule has 5 nitrogen and oxygen atoms in total. The Hall–Kier alpha value is -2.48. The zero-order chi connectivity index (χ0) is 13.2. The first-order valence-electron chi connectivity index (χ1n) is 6.06. The molecule has 2 aromatic heterocycles. The SMILES string of the molecule is C#CCOc1cnc2c(c1)C(c1cnn(C)c1)CN2. The summed E-state index contributed by atoms with van der Waals surface area (Å²) in [6.45, 7) is 1.08. The fraction of sp³-hybridized carbons (Fsp3) is 0.286. The summed E-state index contributed by atoms with van der Waals surface area (Å²) in [5, 5.41) is 7.51. The van der Waals surface area contributed by atoms with Gasteiger partial charge < -0.3 is 10.1 Å². The number of pyridine rings is 1. The standard InChI is InChI=1S/C14H14N4O/c1-3-4-19-11-5-12-13(8-16-14(12)15-7-11)10-6-17-18(2)9-10/h1,5-7,9,13H,4,8H2,2H3,(H,15,16). The normalized spacial score (nSPS) is 16.5. The fourth-order valence-electron chi connectivity index (χ4n) is 2.31. The average molecular weight is 254 g/mol. The van der Waals surface area contributed by atoms with Crippen LogP contribution in [0.15, 0.2) is 24.7 Å². The Balaban J connectivity index is 1.92. The summed E-state index contributed by atoms with van der Waals surface area (Å²) in [4.78, 5) is 4.36. The Morgan fingerprint density at radius 1 is 1.58 bits per heavy atom. The van der Waals surface area contributed by atoms with Gasteiger partial charge in [0.1, 0.15) is 18.2 Å². The molecule has 1 atom stereocenters. The minimum atomic E-state index is 0.255. The molecule has 0 saturated heterocycles. The summed E-state index contributed by atoms with van der Waals surface area (Å²) in [6, 6.07) is 2.00. The fourth-order valence-corrected chi connectivity index (χ4v) is 2.31. The zero-order valence-corrected chi connectivity index (χ0v) is 10.6. The maximum absolute atomic E-state index is 5.42. The van der Waals surface area contributed by atoms with Crippen molar-refractivity contribution in [3.8, 4) is 18.1 Å². The summed E-state index contributed by atoms with van der Waals surface area (Å²) in [7, 11) is 1.91. The number of fused-ring (bicyclic) bond motifs is 1. The van der Waals surface area contributed by atoms with Crippen molar-refractivity contribution in [2.75, 3.05) is 18.5 Å². The van der Waals surface area contributed by atoms with Gasteiger partial charge in [0.05, 0.1) is 12.4 Å². The van der Waals surface area contributed by atoms with Gasteiger partial charge in [0.15, 0.2) is 0 Å². The summed E-state index contributed by atoms with van der Waals surface area (Å²) >= 11 is 0. The molecular weight excluding hydrogens is 240 g/mol. The summed E-state index contributed by atoms with van der Waals surface area (Å²) in [5.41, 5.74) is 2.30. The van der Waals surface area contributed by atoms with Crippen LogP contribution in [0.3, 0.4) is 0 Å². The Bertz CT molecular complexity index is 641. The number of ether oxygens (including phenoxy) is 1. The second-order valence-electron chi connectivity index (χ2n) is 4.48. The molecule has 0 amide bonds. The summed E-state index contributed by atoms with van der Waals surface area (Å²) in [5.74, 6) is 4.31. The molecule has 0 bridgehead atoms. The van der Waals surface area contributed by atoms with E-state index in [0.29, 0.717) is 5.75 Å². The Morgan fingerprint density at radius 3 is 3.21 bits per heavy atom. The first kappa shape index (κ1) is 11.6. The van der Waals surface area contributed by atoms with E-state index in [-0.39, 0.29) is 12.5 Å². The molecule has 1 unspecified atom stereocenters. The second kappa shape index (κ2) is 4.65. The lowest BCUT2D eigenvalue weighted by molar-refractivity contribution is 0.368. The highest BCUT2D eigenvalue weighted by Crippen LogP contribution is 2.36. The van der Waals surface area contributed by atoms with Crippen molar-refractivity contribution in [2.45, 2.75) is 5.92 Å². The molecule has 3 heterocycles. The van der Waals surface area contributed by atoms with Crippen molar-refractivity contribution in [3.63, 3.8) is 0 Å². The van der Waals surface area contributed by atoms with Gasteiger partial charge in [0.2, 0.25) is 0 Å². The smallest absolute Gasteiger partial charge is 0.148 e. The maximum Gasteiger partial charge on any atom is 0.148 e. The van der Waals surface area contributed by atoms with E-state index < -0.39 is 0 Å². The highest BCUT2D eigenvalue weighted by atomic mass is 16.5. The van der Waals surface area contributed by atoms with Gasteiger partial charge in [-0.05, 0) is 11.6 Å². The van der Waals surface area contributed by atoms with Crippen LogP contribution in [0.25, 0.3) is 0 Å². The molecule has 2 aromatic rings. The van der Waals surface area contributed by atoms with Crippen molar-refractivity contribution >= 4 is 5.82 Å². The van der Waals surface area contributed by atoms with Crippen LogP contribution < -0.4 is 10.1 Å². The Morgan fingerprint density at radius 2 is 2.47 bits per heavy atom. The lowest BCUT2D eigenvalue weighted by Gasteiger charge is -2.08. The second-order valence-corrected chi connectivity index (χ2v) is 4.48. The number of terminal acetylenes is 1. The van der Waals surface area contributed by atoms with Crippen LogP contribution in [-0.4, -0.2) is 27.9 Å². The van der Waals surface area contributed by atoms with Crippen LogP contribution in [0, 0.1) is 12.3 Å². The first-order chi connectivity index (χ1) is 9.28. The van der Waals surface area contributed by atoms with Crippen LogP contribution in [-0.2, 0) is 7.05 Å². The average Bonchev–Trinajstić information content (AvgIpc) is 3.01. The highest BCUT2D eigenvalue weighted by molar-refractivity contribution is 5.57. The minimum absolute atomic E-state index is 0.255. The first-order valence-corrected chi connectivity index (χ1v) is 6.06. The van der Waals surface area contributed by atoms with E-state index in [0.717, 1.165) is 17.9 Å². The third-order valence-corrected chi connectivity index (χ3v) is 3.19. The number of hydrogen-bond donors (Lipinski definition) is 1. The number of aryl methyl sites for hydroxylation is 1. The van der Waals surface area contributed by atoms with Crippen LogP contribution in [0.2, 0.25) is 0 Å². The molecule has 5 heteroatoms. The Kier molecular flexibility index (Phi) is 2.84. The molecule has 0 fully saturated rings. The van der Waals surface area contributed by atoms with E-state index in [1.54, 1.807) is 10.9 Å². The van der Waals surface area contributed by atoms with E-state index in [1.807, 2.05) is 25.5 Å². The molecule has 0 radical (unpaired) electrons. The van der Waals surface area contributed by atoms with Gasteiger partial charge in [-0.1, -0.05) is 5.92 Å². The van der Waals surface area contributed by atoms with Gasteiger partial charge in [-0.2, -0.15) is 5.10 Å². The predicted octanol–water partition coefficient (Wildman–Crippen LogP) is 1.38. The van der Waals surface area contributed by atoms with Crippen molar-refractivity contribution in [1.82, 2.24) is 14.8 Å². The highest BCUT2D eigenvalue weighted by Gasteiger charge is 2.26. The van der Waals surface area contributed by atoms with E-state index in [2.05, 4.69) is 21.3 Å². The van der Waals surface area contributed by atoms with E-state index >= 15 is 0 Å². The molecular formula is C14H14N4O. The van der Waals surface area contributed by atoms with E-state index in [4.69, 9.17) is 11.2 Å². The van der Waals surface area contributed by atoms with Crippen LogP contribution >= 0.6 is 0 Å². The largest absolute Gasteiger partial charge is 0.479 e. The van der Waals surface area contributed by atoms with Crippen molar-refractivity contribution in [2.24, 2.45) is 7.05 Å². The third-order valence-electron chi connectivity index (χ3n) is 3.19. The molecule has 1 N–H and O–H groups in total. The lowest BCUT2D eigenvalue weighted by atomic mass is 9.97. The van der Waals surface area contributed by atoms with Gasteiger partial charge in [0.25, 0.3) is 0 Å². The maximum atomic E-state index is 5.42. The lowest BCUT2D eigenvalue weighted by Crippen LogP contribution is -2.02. The monoisotopic (exact) mass is 254 g/mol. The van der Waals surface area contributed by atoms with Crippen molar-refractivity contribution < 1.29 is 4.74 Å². The molecule has 0 aliphatic carbocycles. The van der Waals surface area contributed by atoms with E-state index in [1.165, 1.54) is 5.56 Å². The van der Waals surface area contributed by atoms with Crippen molar-refractivity contribution in [1.29, 1.82) is 0 Å². The van der Waals surface area contributed by atoms with Crippen molar-refractivity contribution in [3.05, 3.63) is 35.8 Å². The summed E-state index contributed by atoms with van der Waals surface area (Å²) in [6.07, 6.45) is 10.8. The predicted molar refractivity (Wildman–Crippen MR) is 72.1 cm³/mol. The number of rotatable bonds is 3. The number of hydrogen-bond acceptors (Lipinski definition) is 4. The molecule has 96 valence electrons. The quantitative estimate of drug-likeness (QED) is 0.841. The van der Waals surface area contributed by atoms with Gasteiger partial charge >= 0.3 is 0 Å². The molecule has 3 rings (SSSR count). The minimum Gasteiger partial charge on any atom is -0.479 e. The van der Waals surface area contributed by atoms with E-state index in [9.17, 15) is 0 Å². The topological polar surface area (TPSA) is 52.0 Å².